The number of aromatic nitrogens is 1. The van der Waals surface area contributed by atoms with Gasteiger partial charge in [0.2, 0.25) is 12.3 Å². The van der Waals surface area contributed by atoms with Gasteiger partial charge in [0.1, 0.15) is 12.8 Å². The molecule has 3 aromatic rings. The molecule has 122 valence electrons. The zero-order valence-electron chi connectivity index (χ0n) is 13.9. The van der Waals surface area contributed by atoms with Crippen LogP contribution in [0.25, 0.3) is 10.9 Å². The second-order valence-corrected chi connectivity index (χ2v) is 5.97. The standard InChI is InChI=1S/C20H20NO3/c1-21-15(12-19(22-2)16-5-3-4-6-17(16)21)9-7-14-8-10-18-20(11-14)24-13-23-18/h3-6,8,10-12H,7,9,13H2,1-2H3/q+1. The number of benzene rings is 2. The van der Waals surface area contributed by atoms with Crippen LogP contribution in [0, 0.1) is 0 Å². The molecule has 1 aliphatic heterocycles. The molecule has 0 spiro atoms. The van der Waals surface area contributed by atoms with Crippen LogP contribution < -0.4 is 18.8 Å². The Bertz CT molecular complexity index is 905. The molecule has 24 heavy (non-hydrogen) atoms. The minimum atomic E-state index is 0.315. The Morgan fingerprint density at radius 2 is 1.83 bits per heavy atom. The number of rotatable bonds is 4. The van der Waals surface area contributed by atoms with Crippen molar-refractivity contribution >= 4 is 10.9 Å². The summed E-state index contributed by atoms with van der Waals surface area (Å²) >= 11 is 0. The first-order valence-corrected chi connectivity index (χ1v) is 8.09. The molecule has 4 nitrogen and oxygen atoms in total. The van der Waals surface area contributed by atoms with Crippen molar-refractivity contribution in [1.29, 1.82) is 0 Å². The van der Waals surface area contributed by atoms with Crippen molar-refractivity contribution in [1.82, 2.24) is 0 Å². The van der Waals surface area contributed by atoms with Crippen molar-refractivity contribution < 1.29 is 18.8 Å². The molecule has 0 atom stereocenters. The van der Waals surface area contributed by atoms with Gasteiger partial charge in [-0.25, -0.2) is 0 Å². The van der Waals surface area contributed by atoms with E-state index in [9.17, 15) is 0 Å². The van der Waals surface area contributed by atoms with Crippen molar-refractivity contribution in [3.8, 4) is 17.2 Å². The maximum atomic E-state index is 5.59. The van der Waals surface area contributed by atoms with Crippen LogP contribution in [0.5, 0.6) is 17.2 Å². The lowest BCUT2D eigenvalue weighted by Gasteiger charge is -2.08. The lowest BCUT2D eigenvalue weighted by molar-refractivity contribution is -0.652. The maximum Gasteiger partial charge on any atom is 0.231 e. The van der Waals surface area contributed by atoms with Crippen molar-refractivity contribution in [2.24, 2.45) is 7.05 Å². The van der Waals surface area contributed by atoms with E-state index in [1.54, 1.807) is 7.11 Å². The third kappa shape index (κ3) is 2.54. The number of methoxy groups -OCH3 is 1. The summed E-state index contributed by atoms with van der Waals surface area (Å²) in [5, 5.41) is 1.13. The molecule has 1 aliphatic rings. The number of ether oxygens (including phenoxy) is 3. The quantitative estimate of drug-likeness (QED) is 0.691. The van der Waals surface area contributed by atoms with E-state index in [0.29, 0.717) is 6.79 Å². The molecule has 0 N–H and O–H groups in total. The van der Waals surface area contributed by atoms with Crippen LogP contribution in [0.15, 0.2) is 48.5 Å². The summed E-state index contributed by atoms with van der Waals surface area (Å²) in [5.74, 6) is 2.59. The number of pyridine rings is 1. The fourth-order valence-electron chi connectivity index (χ4n) is 3.23. The summed E-state index contributed by atoms with van der Waals surface area (Å²) in [6, 6.07) is 16.6. The summed E-state index contributed by atoms with van der Waals surface area (Å²) in [4.78, 5) is 0. The van der Waals surface area contributed by atoms with Crippen molar-refractivity contribution in [2.45, 2.75) is 12.8 Å². The largest absolute Gasteiger partial charge is 0.496 e. The van der Waals surface area contributed by atoms with E-state index in [0.717, 1.165) is 35.5 Å². The number of hydrogen-bond acceptors (Lipinski definition) is 3. The van der Waals surface area contributed by atoms with Gasteiger partial charge < -0.3 is 14.2 Å². The SMILES string of the molecule is COc1cc(CCc2ccc3c(c2)OCO3)[n+](C)c2ccccc12. The van der Waals surface area contributed by atoms with Crippen LogP contribution in [0.3, 0.4) is 0 Å². The van der Waals surface area contributed by atoms with Crippen LogP contribution in [0.2, 0.25) is 0 Å². The van der Waals surface area contributed by atoms with Crippen LogP contribution in [0.1, 0.15) is 11.3 Å². The van der Waals surface area contributed by atoms with E-state index in [2.05, 4.69) is 48.0 Å². The van der Waals surface area contributed by atoms with E-state index in [-0.39, 0.29) is 0 Å². The Balaban J connectivity index is 1.63. The molecule has 0 amide bonds. The Morgan fingerprint density at radius 1 is 1.00 bits per heavy atom. The Hall–Kier alpha value is -2.75. The summed E-state index contributed by atoms with van der Waals surface area (Å²) in [6.45, 7) is 0.315. The average molecular weight is 322 g/mol. The second kappa shape index (κ2) is 6.04. The van der Waals surface area contributed by atoms with Gasteiger partial charge in [-0.3, -0.25) is 0 Å². The highest BCUT2D eigenvalue weighted by atomic mass is 16.7. The predicted octanol–water partition coefficient (Wildman–Crippen LogP) is 3.19. The molecule has 0 radical (unpaired) electrons. The summed E-state index contributed by atoms with van der Waals surface area (Å²) in [7, 11) is 3.83. The maximum absolute atomic E-state index is 5.59. The van der Waals surface area contributed by atoms with E-state index in [1.807, 2.05) is 12.1 Å². The van der Waals surface area contributed by atoms with Gasteiger partial charge in [-0.1, -0.05) is 18.2 Å². The molecule has 4 rings (SSSR count). The molecule has 0 fully saturated rings. The minimum Gasteiger partial charge on any atom is -0.496 e. The van der Waals surface area contributed by atoms with Crippen molar-refractivity contribution in [3.05, 3.63) is 59.8 Å². The molecule has 2 heterocycles. The molecular formula is C20H20NO3+. The molecule has 1 aromatic heterocycles. The van der Waals surface area contributed by atoms with Crippen LogP contribution in [-0.4, -0.2) is 13.9 Å². The van der Waals surface area contributed by atoms with E-state index in [4.69, 9.17) is 14.2 Å². The first kappa shape index (κ1) is 14.8. The minimum absolute atomic E-state index is 0.315. The average Bonchev–Trinajstić information content (AvgIpc) is 3.09. The van der Waals surface area contributed by atoms with Gasteiger partial charge in [0.15, 0.2) is 17.2 Å². The normalized spacial score (nSPS) is 12.6. The lowest BCUT2D eigenvalue weighted by atomic mass is 10.1. The van der Waals surface area contributed by atoms with Gasteiger partial charge in [-0.15, -0.1) is 0 Å². The molecule has 0 saturated heterocycles. The first-order chi connectivity index (χ1) is 11.8. The van der Waals surface area contributed by atoms with E-state index < -0.39 is 0 Å². The fourth-order valence-corrected chi connectivity index (χ4v) is 3.23. The highest BCUT2D eigenvalue weighted by molar-refractivity contribution is 5.82. The number of nitrogens with zero attached hydrogens (tertiary/aromatic N) is 1. The van der Waals surface area contributed by atoms with Gasteiger partial charge in [-0.2, -0.15) is 4.57 Å². The molecule has 0 bridgehead atoms. The molecule has 0 saturated carbocycles. The second-order valence-electron chi connectivity index (χ2n) is 5.97. The molecule has 0 unspecified atom stereocenters. The number of para-hydroxylation sites is 1. The van der Waals surface area contributed by atoms with E-state index in [1.165, 1.54) is 16.8 Å². The highest BCUT2D eigenvalue weighted by Gasteiger charge is 2.18. The smallest absolute Gasteiger partial charge is 0.231 e. The molecule has 4 heteroatoms. The van der Waals surface area contributed by atoms with Crippen molar-refractivity contribution in [2.75, 3.05) is 13.9 Å². The van der Waals surface area contributed by atoms with Gasteiger partial charge in [-0.05, 0) is 30.2 Å². The molecule has 0 aliphatic carbocycles. The Morgan fingerprint density at radius 3 is 2.71 bits per heavy atom. The zero-order chi connectivity index (χ0) is 16.5. The van der Waals surface area contributed by atoms with E-state index >= 15 is 0 Å². The number of fused-ring (bicyclic) bond motifs is 2. The summed E-state index contributed by atoms with van der Waals surface area (Å²) in [5.41, 5.74) is 3.66. The Kier molecular flexibility index (Phi) is 3.73. The van der Waals surface area contributed by atoms with Crippen LogP contribution in [-0.2, 0) is 19.9 Å². The van der Waals surface area contributed by atoms with Gasteiger partial charge >= 0.3 is 0 Å². The van der Waals surface area contributed by atoms with Gasteiger partial charge in [0, 0.05) is 18.6 Å². The van der Waals surface area contributed by atoms with Crippen LogP contribution in [0.4, 0.5) is 0 Å². The number of aryl methyl sites for hydroxylation is 3. The molecule has 2 aromatic carbocycles. The lowest BCUT2D eigenvalue weighted by Crippen LogP contribution is -2.35. The van der Waals surface area contributed by atoms with Crippen molar-refractivity contribution in [3.63, 3.8) is 0 Å². The van der Waals surface area contributed by atoms with Gasteiger partial charge in [0.25, 0.3) is 0 Å². The highest BCUT2D eigenvalue weighted by Crippen LogP contribution is 2.33. The monoisotopic (exact) mass is 322 g/mol. The zero-order valence-corrected chi connectivity index (χ0v) is 13.9. The topological polar surface area (TPSA) is 31.6 Å². The predicted molar refractivity (Wildman–Crippen MR) is 91.6 cm³/mol. The summed E-state index contributed by atoms with van der Waals surface area (Å²) < 4.78 is 18.7. The first-order valence-electron chi connectivity index (χ1n) is 8.09. The fraction of sp³-hybridized carbons (Fsp3) is 0.250. The third-order valence-electron chi connectivity index (χ3n) is 4.59. The summed E-state index contributed by atoms with van der Waals surface area (Å²) in [6.07, 6.45) is 1.86. The van der Waals surface area contributed by atoms with Crippen LogP contribution >= 0.6 is 0 Å². The number of hydrogen-bond donors (Lipinski definition) is 0. The van der Waals surface area contributed by atoms with Gasteiger partial charge in [0.05, 0.1) is 12.5 Å². The third-order valence-corrected chi connectivity index (χ3v) is 4.59. The molecular weight excluding hydrogens is 302 g/mol. The Labute approximate surface area is 141 Å².